The number of nitrogens with one attached hydrogen (secondary N) is 1. The van der Waals surface area contributed by atoms with Crippen molar-refractivity contribution in [2.75, 3.05) is 33.7 Å². The maximum Gasteiger partial charge on any atom is 0.267 e. The first-order valence-corrected chi connectivity index (χ1v) is 5.99. The van der Waals surface area contributed by atoms with E-state index in [9.17, 15) is 4.79 Å². The molecule has 0 spiro atoms. The second-order valence-electron chi connectivity index (χ2n) is 4.50. The molecule has 0 saturated carbocycles. The fourth-order valence-electron chi connectivity index (χ4n) is 1.52. The molecule has 1 rings (SSSR count). The summed E-state index contributed by atoms with van der Waals surface area (Å²) in [5.74, 6) is 0. The summed E-state index contributed by atoms with van der Waals surface area (Å²) in [6.07, 6.45) is 2.83. The molecule has 1 heterocycles. The van der Waals surface area contributed by atoms with Crippen LogP contribution in [0.1, 0.15) is 12.0 Å². The van der Waals surface area contributed by atoms with Gasteiger partial charge in [0.05, 0.1) is 12.7 Å². The molecule has 1 aromatic heterocycles. The molecule has 0 bridgehead atoms. The Labute approximate surface area is 102 Å². The molecule has 5 heteroatoms. The Morgan fingerprint density at radius 1 is 1.41 bits per heavy atom. The van der Waals surface area contributed by atoms with Crippen molar-refractivity contribution in [2.24, 2.45) is 0 Å². The van der Waals surface area contributed by atoms with E-state index in [-0.39, 0.29) is 5.56 Å². The first-order chi connectivity index (χ1) is 8.09. The quantitative estimate of drug-likeness (QED) is 0.684. The second kappa shape index (κ2) is 7.19. The Balaban J connectivity index is 2.20. The van der Waals surface area contributed by atoms with Crippen LogP contribution < -0.4 is 10.9 Å². The van der Waals surface area contributed by atoms with Crippen molar-refractivity contribution in [1.82, 2.24) is 20.0 Å². The Morgan fingerprint density at radius 3 is 2.82 bits per heavy atom. The van der Waals surface area contributed by atoms with E-state index in [0.29, 0.717) is 6.54 Å². The van der Waals surface area contributed by atoms with Crippen LogP contribution in [0, 0.1) is 6.92 Å². The molecule has 0 aliphatic carbocycles. The van der Waals surface area contributed by atoms with Crippen LogP contribution >= 0.6 is 0 Å². The fourth-order valence-corrected chi connectivity index (χ4v) is 1.52. The third-order valence-corrected chi connectivity index (χ3v) is 2.47. The molecule has 0 saturated heterocycles. The van der Waals surface area contributed by atoms with Gasteiger partial charge in [-0.25, -0.2) is 4.68 Å². The zero-order chi connectivity index (χ0) is 12.7. The Morgan fingerprint density at radius 2 is 2.18 bits per heavy atom. The number of hydrogen-bond acceptors (Lipinski definition) is 4. The van der Waals surface area contributed by atoms with Crippen LogP contribution in [0.15, 0.2) is 17.1 Å². The molecule has 5 nitrogen and oxygen atoms in total. The molecule has 1 aromatic rings. The van der Waals surface area contributed by atoms with Crippen LogP contribution in [0.2, 0.25) is 0 Å². The lowest BCUT2D eigenvalue weighted by atomic mass is 10.3. The normalized spacial score (nSPS) is 11.1. The van der Waals surface area contributed by atoms with Gasteiger partial charge in [0.2, 0.25) is 0 Å². The lowest BCUT2D eigenvalue weighted by molar-refractivity contribution is 0.392. The van der Waals surface area contributed by atoms with Gasteiger partial charge in [-0.1, -0.05) is 0 Å². The van der Waals surface area contributed by atoms with Crippen molar-refractivity contribution < 1.29 is 0 Å². The van der Waals surface area contributed by atoms with Gasteiger partial charge in [-0.3, -0.25) is 4.79 Å². The minimum Gasteiger partial charge on any atom is -0.315 e. The van der Waals surface area contributed by atoms with Crippen molar-refractivity contribution in [3.63, 3.8) is 0 Å². The third kappa shape index (κ3) is 5.60. The van der Waals surface area contributed by atoms with E-state index in [0.717, 1.165) is 31.6 Å². The van der Waals surface area contributed by atoms with E-state index in [4.69, 9.17) is 0 Å². The lowest BCUT2D eigenvalue weighted by Crippen LogP contribution is -2.29. The van der Waals surface area contributed by atoms with Gasteiger partial charge in [0.15, 0.2) is 0 Å². The number of aromatic nitrogens is 2. The van der Waals surface area contributed by atoms with Gasteiger partial charge in [-0.2, -0.15) is 5.10 Å². The molecule has 1 N–H and O–H groups in total. The SMILES string of the molecule is Cc1cnn(CCNCCCN(C)C)c(=O)c1. The smallest absolute Gasteiger partial charge is 0.267 e. The van der Waals surface area contributed by atoms with Gasteiger partial charge in [-0.15, -0.1) is 0 Å². The first-order valence-electron chi connectivity index (χ1n) is 5.99. The zero-order valence-electron chi connectivity index (χ0n) is 10.9. The molecule has 0 aliphatic heterocycles. The predicted octanol–water partition coefficient (Wildman–Crippen LogP) is 0.0930. The van der Waals surface area contributed by atoms with Crippen molar-refractivity contribution in [3.05, 3.63) is 28.2 Å². The van der Waals surface area contributed by atoms with E-state index >= 15 is 0 Å². The van der Waals surface area contributed by atoms with E-state index in [1.807, 2.05) is 6.92 Å². The predicted molar refractivity (Wildman–Crippen MR) is 69.3 cm³/mol. The van der Waals surface area contributed by atoms with Gasteiger partial charge in [0.25, 0.3) is 5.56 Å². The highest BCUT2D eigenvalue weighted by atomic mass is 16.1. The number of hydrogen-bond donors (Lipinski definition) is 1. The highest BCUT2D eigenvalue weighted by molar-refractivity contribution is 5.02. The molecule has 0 aliphatic rings. The van der Waals surface area contributed by atoms with Gasteiger partial charge in [-0.05, 0) is 46.1 Å². The van der Waals surface area contributed by atoms with Crippen LogP contribution in [0.4, 0.5) is 0 Å². The first kappa shape index (κ1) is 13.9. The lowest BCUT2D eigenvalue weighted by Gasteiger charge is -2.10. The van der Waals surface area contributed by atoms with Crippen molar-refractivity contribution in [1.29, 1.82) is 0 Å². The molecule has 0 aromatic carbocycles. The largest absolute Gasteiger partial charge is 0.315 e. The number of aryl methyl sites for hydroxylation is 1. The summed E-state index contributed by atoms with van der Waals surface area (Å²) >= 11 is 0. The zero-order valence-corrected chi connectivity index (χ0v) is 10.9. The van der Waals surface area contributed by atoms with E-state index in [1.165, 1.54) is 4.68 Å². The topological polar surface area (TPSA) is 50.2 Å². The van der Waals surface area contributed by atoms with Crippen LogP contribution in [-0.4, -0.2) is 48.4 Å². The summed E-state index contributed by atoms with van der Waals surface area (Å²) in [7, 11) is 4.13. The minimum absolute atomic E-state index is 0.0277. The van der Waals surface area contributed by atoms with Crippen LogP contribution in [0.25, 0.3) is 0 Å². The summed E-state index contributed by atoms with van der Waals surface area (Å²) in [5, 5.41) is 7.38. The summed E-state index contributed by atoms with van der Waals surface area (Å²) in [6, 6.07) is 1.61. The van der Waals surface area contributed by atoms with Crippen LogP contribution in [-0.2, 0) is 6.54 Å². The standard InChI is InChI=1S/C12H22N4O/c1-11-9-12(17)16(14-10-11)8-6-13-5-4-7-15(2)3/h9-10,13H,4-8H2,1-3H3. The minimum atomic E-state index is -0.0277. The molecule has 0 fully saturated rings. The van der Waals surface area contributed by atoms with E-state index < -0.39 is 0 Å². The summed E-state index contributed by atoms with van der Waals surface area (Å²) in [5.41, 5.74) is 0.880. The maximum atomic E-state index is 11.5. The highest BCUT2D eigenvalue weighted by Crippen LogP contribution is 1.86. The van der Waals surface area contributed by atoms with Gasteiger partial charge in [0.1, 0.15) is 0 Å². The summed E-state index contributed by atoms with van der Waals surface area (Å²) in [4.78, 5) is 13.7. The maximum absolute atomic E-state index is 11.5. The third-order valence-electron chi connectivity index (χ3n) is 2.47. The second-order valence-corrected chi connectivity index (χ2v) is 4.50. The molecular weight excluding hydrogens is 216 g/mol. The Hall–Kier alpha value is -1.20. The Bertz CT molecular complexity index is 386. The molecular formula is C12H22N4O. The average Bonchev–Trinajstić information content (AvgIpc) is 2.25. The average molecular weight is 238 g/mol. The monoisotopic (exact) mass is 238 g/mol. The summed E-state index contributed by atoms with van der Waals surface area (Å²) in [6.45, 7) is 5.33. The van der Waals surface area contributed by atoms with Gasteiger partial charge < -0.3 is 10.2 Å². The molecule has 96 valence electrons. The highest BCUT2D eigenvalue weighted by Gasteiger charge is 1.97. The van der Waals surface area contributed by atoms with Crippen LogP contribution in [0.3, 0.4) is 0 Å². The van der Waals surface area contributed by atoms with Gasteiger partial charge in [0, 0.05) is 12.6 Å². The molecule has 0 unspecified atom stereocenters. The van der Waals surface area contributed by atoms with Gasteiger partial charge >= 0.3 is 0 Å². The fraction of sp³-hybridized carbons (Fsp3) is 0.667. The Kier molecular flexibility index (Phi) is 5.86. The molecule has 0 radical (unpaired) electrons. The number of rotatable bonds is 7. The summed E-state index contributed by atoms with van der Waals surface area (Å²) < 4.78 is 1.49. The molecule has 0 amide bonds. The molecule has 17 heavy (non-hydrogen) atoms. The van der Waals surface area contributed by atoms with E-state index in [1.54, 1.807) is 12.3 Å². The number of nitrogens with zero attached hydrogens (tertiary/aromatic N) is 3. The van der Waals surface area contributed by atoms with Crippen LogP contribution in [0.5, 0.6) is 0 Å². The van der Waals surface area contributed by atoms with Crippen molar-refractivity contribution in [3.8, 4) is 0 Å². The van der Waals surface area contributed by atoms with E-state index in [2.05, 4.69) is 29.4 Å². The van der Waals surface area contributed by atoms with Crippen molar-refractivity contribution >= 4 is 0 Å². The molecule has 0 atom stereocenters. The van der Waals surface area contributed by atoms with Crippen molar-refractivity contribution in [2.45, 2.75) is 19.9 Å².